The minimum atomic E-state index is -0.645. The minimum absolute atomic E-state index is 0.201. The molecule has 9 nitrogen and oxygen atoms in total. The Morgan fingerprint density at radius 1 is 1.33 bits per heavy atom. The van der Waals surface area contributed by atoms with Crippen LogP contribution in [0.1, 0.15) is 35.9 Å². The number of aryl methyl sites for hydroxylation is 3. The zero-order chi connectivity index (χ0) is 21.8. The Morgan fingerprint density at radius 2 is 2.10 bits per heavy atom. The highest BCUT2D eigenvalue weighted by Crippen LogP contribution is 2.30. The Balaban J connectivity index is 1.61. The van der Waals surface area contributed by atoms with Crippen molar-refractivity contribution in [2.24, 2.45) is 7.05 Å². The number of furan rings is 1. The van der Waals surface area contributed by atoms with Gasteiger partial charge in [-0.25, -0.2) is 9.67 Å². The van der Waals surface area contributed by atoms with Crippen LogP contribution in [0.5, 0.6) is 5.88 Å². The van der Waals surface area contributed by atoms with Crippen LogP contribution in [0.25, 0.3) is 11.0 Å². The van der Waals surface area contributed by atoms with Gasteiger partial charge in [-0.05, 0) is 50.5 Å². The highest BCUT2D eigenvalue weighted by Gasteiger charge is 2.20. The van der Waals surface area contributed by atoms with Crippen molar-refractivity contribution in [2.45, 2.75) is 46.2 Å². The second-order valence-electron chi connectivity index (χ2n) is 7.22. The third-order valence-electron chi connectivity index (χ3n) is 5.11. The van der Waals surface area contributed by atoms with Crippen molar-refractivity contribution in [1.29, 1.82) is 0 Å². The summed E-state index contributed by atoms with van der Waals surface area (Å²) < 4.78 is 12.2. The Hall–Kier alpha value is -3.36. The van der Waals surface area contributed by atoms with Crippen LogP contribution in [0.4, 0.5) is 0 Å². The highest BCUT2D eigenvalue weighted by molar-refractivity contribution is 5.88. The first kappa shape index (κ1) is 21.4. The van der Waals surface area contributed by atoms with Gasteiger partial charge in [-0.1, -0.05) is 0 Å². The summed E-state index contributed by atoms with van der Waals surface area (Å²) in [6.07, 6.45) is 2.29. The Bertz CT molecular complexity index is 1060. The van der Waals surface area contributed by atoms with E-state index in [1.807, 2.05) is 20.9 Å². The number of carbonyl (C=O) groups is 2. The van der Waals surface area contributed by atoms with Crippen LogP contribution < -0.4 is 15.4 Å². The van der Waals surface area contributed by atoms with E-state index in [4.69, 9.17) is 9.15 Å². The second-order valence-corrected chi connectivity index (χ2v) is 7.22. The van der Waals surface area contributed by atoms with Crippen LogP contribution in [0.2, 0.25) is 0 Å². The van der Waals surface area contributed by atoms with E-state index in [0.29, 0.717) is 18.1 Å². The van der Waals surface area contributed by atoms with Crippen molar-refractivity contribution in [3.63, 3.8) is 0 Å². The van der Waals surface area contributed by atoms with E-state index in [1.54, 1.807) is 37.1 Å². The fourth-order valence-corrected chi connectivity index (χ4v) is 3.47. The van der Waals surface area contributed by atoms with Gasteiger partial charge in [0, 0.05) is 19.2 Å². The van der Waals surface area contributed by atoms with Gasteiger partial charge in [0.1, 0.15) is 11.8 Å². The number of hydrogen-bond acceptors (Lipinski definition) is 6. The van der Waals surface area contributed by atoms with Crippen LogP contribution in [-0.4, -0.2) is 39.7 Å². The van der Waals surface area contributed by atoms with E-state index >= 15 is 0 Å². The first-order chi connectivity index (χ1) is 14.3. The average molecular weight is 413 g/mol. The molecule has 0 radical (unpaired) electrons. The molecule has 2 amide bonds. The van der Waals surface area contributed by atoms with Gasteiger partial charge in [0.2, 0.25) is 17.7 Å². The summed E-state index contributed by atoms with van der Waals surface area (Å²) in [4.78, 5) is 29.2. The number of nitrogens with one attached hydrogen (secondary N) is 2. The molecule has 9 heteroatoms. The van der Waals surface area contributed by atoms with Crippen LogP contribution in [0, 0.1) is 13.8 Å². The summed E-state index contributed by atoms with van der Waals surface area (Å²) in [5, 5.41) is 10.7. The SMILES string of the molecule is COc1nn(C)c2nc(C)c(CCC(=O)NC(C)C(=O)NCc3ccco3)c(C)c12. The molecule has 0 aliphatic carbocycles. The summed E-state index contributed by atoms with van der Waals surface area (Å²) in [7, 11) is 3.40. The molecule has 0 bridgehead atoms. The van der Waals surface area contributed by atoms with Gasteiger partial charge in [-0.3, -0.25) is 9.59 Å². The number of hydrogen-bond donors (Lipinski definition) is 2. The molecule has 3 aromatic rings. The van der Waals surface area contributed by atoms with Gasteiger partial charge < -0.3 is 19.8 Å². The zero-order valence-corrected chi connectivity index (χ0v) is 17.9. The molecule has 30 heavy (non-hydrogen) atoms. The van der Waals surface area contributed by atoms with E-state index in [9.17, 15) is 9.59 Å². The van der Waals surface area contributed by atoms with Gasteiger partial charge in [-0.15, -0.1) is 5.10 Å². The Labute approximate surface area is 174 Å². The van der Waals surface area contributed by atoms with Crippen molar-refractivity contribution in [2.75, 3.05) is 7.11 Å². The fraction of sp³-hybridized carbons (Fsp3) is 0.429. The molecule has 0 saturated carbocycles. The van der Waals surface area contributed by atoms with Crippen molar-refractivity contribution >= 4 is 22.8 Å². The van der Waals surface area contributed by atoms with E-state index < -0.39 is 6.04 Å². The summed E-state index contributed by atoms with van der Waals surface area (Å²) in [6.45, 7) is 5.84. The van der Waals surface area contributed by atoms with Crippen LogP contribution >= 0.6 is 0 Å². The first-order valence-corrected chi connectivity index (χ1v) is 9.78. The number of aromatic nitrogens is 3. The molecule has 3 rings (SSSR count). The monoisotopic (exact) mass is 413 g/mol. The van der Waals surface area contributed by atoms with Crippen molar-refractivity contribution in [1.82, 2.24) is 25.4 Å². The number of nitrogens with zero attached hydrogens (tertiary/aromatic N) is 3. The maximum Gasteiger partial charge on any atom is 0.242 e. The molecule has 1 unspecified atom stereocenters. The highest BCUT2D eigenvalue weighted by atomic mass is 16.5. The lowest BCUT2D eigenvalue weighted by Crippen LogP contribution is -2.44. The number of carbonyl (C=O) groups excluding carboxylic acids is 2. The quantitative estimate of drug-likeness (QED) is 0.584. The number of amides is 2. The molecule has 3 aromatic heterocycles. The lowest BCUT2D eigenvalue weighted by atomic mass is 10.00. The predicted molar refractivity (Wildman–Crippen MR) is 111 cm³/mol. The van der Waals surface area contributed by atoms with Crippen LogP contribution in [0.15, 0.2) is 22.8 Å². The van der Waals surface area contributed by atoms with E-state index in [1.165, 1.54) is 0 Å². The van der Waals surface area contributed by atoms with Crippen LogP contribution in [0.3, 0.4) is 0 Å². The number of methoxy groups -OCH3 is 1. The molecule has 0 aliphatic heterocycles. The zero-order valence-electron chi connectivity index (χ0n) is 17.9. The van der Waals surface area contributed by atoms with E-state index in [-0.39, 0.29) is 24.8 Å². The normalized spacial score (nSPS) is 12.0. The fourth-order valence-electron chi connectivity index (χ4n) is 3.47. The Kier molecular flexibility index (Phi) is 6.39. The van der Waals surface area contributed by atoms with Gasteiger partial charge in [0.05, 0.1) is 25.3 Å². The molecular weight excluding hydrogens is 386 g/mol. The summed E-state index contributed by atoms with van der Waals surface area (Å²) in [6, 6.07) is 2.88. The smallest absolute Gasteiger partial charge is 0.242 e. The van der Waals surface area contributed by atoms with Crippen LogP contribution in [-0.2, 0) is 29.6 Å². The summed E-state index contributed by atoms with van der Waals surface area (Å²) >= 11 is 0. The minimum Gasteiger partial charge on any atom is -0.479 e. The average Bonchev–Trinajstić information content (AvgIpc) is 3.33. The third kappa shape index (κ3) is 4.45. The maximum atomic E-state index is 12.4. The molecule has 0 aromatic carbocycles. The second kappa shape index (κ2) is 8.98. The third-order valence-corrected chi connectivity index (χ3v) is 5.11. The molecule has 0 fully saturated rings. The van der Waals surface area contributed by atoms with Gasteiger partial charge >= 0.3 is 0 Å². The number of ether oxygens (including phenoxy) is 1. The molecule has 3 heterocycles. The van der Waals surface area contributed by atoms with E-state index in [0.717, 1.165) is 27.9 Å². The van der Waals surface area contributed by atoms with E-state index in [2.05, 4.69) is 20.7 Å². The van der Waals surface area contributed by atoms with Crippen molar-refractivity contribution in [3.8, 4) is 5.88 Å². The molecular formula is C21H27N5O4. The van der Waals surface area contributed by atoms with Gasteiger partial charge in [0.15, 0.2) is 5.65 Å². The summed E-state index contributed by atoms with van der Waals surface area (Å²) in [5.74, 6) is 0.703. The molecule has 160 valence electrons. The Morgan fingerprint density at radius 3 is 2.77 bits per heavy atom. The maximum absolute atomic E-state index is 12.4. The van der Waals surface area contributed by atoms with Gasteiger partial charge in [0.25, 0.3) is 0 Å². The van der Waals surface area contributed by atoms with Crippen molar-refractivity contribution in [3.05, 3.63) is 41.0 Å². The van der Waals surface area contributed by atoms with Crippen molar-refractivity contribution < 1.29 is 18.7 Å². The number of pyridine rings is 1. The molecule has 0 spiro atoms. The standard InChI is InChI=1S/C21H27N5O4/c1-12-16(13(2)24-19-18(12)21(29-5)25-26(19)4)8-9-17(27)23-14(3)20(28)22-11-15-7-6-10-30-15/h6-7,10,14H,8-9,11H2,1-5H3,(H,22,28)(H,23,27). The number of fused-ring (bicyclic) bond motifs is 1. The largest absolute Gasteiger partial charge is 0.479 e. The predicted octanol–water partition coefficient (Wildman–Crippen LogP) is 1.94. The lowest BCUT2D eigenvalue weighted by molar-refractivity contribution is -0.128. The lowest BCUT2D eigenvalue weighted by Gasteiger charge is -2.15. The molecule has 0 aliphatic rings. The first-order valence-electron chi connectivity index (χ1n) is 9.78. The topological polar surface area (TPSA) is 111 Å². The number of rotatable bonds is 8. The molecule has 0 saturated heterocycles. The molecule has 2 N–H and O–H groups in total. The molecule has 1 atom stereocenters. The van der Waals surface area contributed by atoms with Gasteiger partial charge in [-0.2, -0.15) is 0 Å². The summed E-state index contributed by atoms with van der Waals surface area (Å²) in [5.41, 5.74) is 3.58.